The fourth-order valence-electron chi connectivity index (χ4n) is 0. The van der Waals surface area contributed by atoms with Crippen LogP contribution in [0.2, 0.25) is 0 Å². The van der Waals surface area contributed by atoms with Gasteiger partial charge in [-0.25, -0.2) is 0 Å². The molecule has 1 radical (unpaired) electrons. The van der Waals surface area contributed by atoms with Gasteiger partial charge in [0.2, 0.25) is 0 Å². The van der Waals surface area contributed by atoms with Crippen LogP contribution in [0.3, 0.4) is 0 Å². The van der Waals surface area contributed by atoms with Crippen LogP contribution in [0.5, 0.6) is 0 Å². The molecule has 0 aliphatic heterocycles. The van der Waals surface area contributed by atoms with Gasteiger partial charge in [0.1, 0.15) is 0 Å². The van der Waals surface area contributed by atoms with Crippen LogP contribution < -0.4 is 0 Å². The molecule has 0 saturated carbocycles. The zero-order chi connectivity index (χ0) is 4.50. The molecule has 0 aromatic carbocycles. The van der Waals surface area contributed by atoms with Crippen LogP contribution in [0.15, 0.2) is 0 Å². The Morgan fingerprint density at radius 1 is 1.00 bits per heavy atom. The molecule has 0 aromatic rings. The molecular weight excluding hydrogens is 250 g/mol. The number of rotatable bonds is 0. The average Bonchev–Trinajstić information content (AvgIpc) is 0.722. The Balaban J connectivity index is -0.00000000800. The van der Waals surface area contributed by atoms with E-state index in [1.54, 1.807) is 0 Å². The maximum absolute atomic E-state index is 7.33. The topological polar surface area (TPSA) is 80.9 Å². The quantitative estimate of drug-likeness (QED) is 0.282. The fourth-order valence-corrected chi connectivity index (χ4v) is 0. The summed E-state index contributed by atoms with van der Waals surface area (Å²) in [6.07, 6.45) is 0. The monoisotopic (exact) mass is 259 g/mol. The second-order valence-electron chi connectivity index (χ2n) is 0.600. The van der Waals surface area contributed by atoms with E-state index in [1.165, 1.54) is 0 Å². The molecule has 1 atom stereocenters. The van der Waals surface area contributed by atoms with E-state index in [1.807, 2.05) is 0 Å². The molecule has 0 heterocycles. The molecule has 1 unspecified atom stereocenters. The summed E-state index contributed by atoms with van der Waals surface area (Å²) in [4.78, 5) is 29.3. The third-order valence-corrected chi connectivity index (χ3v) is 0. The van der Waals surface area contributed by atoms with E-state index in [9.17, 15) is 0 Å². The van der Waals surface area contributed by atoms with Gasteiger partial charge in [-0.3, -0.25) is 0 Å². The Morgan fingerprint density at radius 2 is 1.00 bits per heavy atom. The molecule has 0 aliphatic rings. The maximum atomic E-state index is 7.33. The van der Waals surface area contributed by atoms with Crippen LogP contribution >= 0.6 is 9.90 Å². The molecule has 4 nitrogen and oxygen atoms in total. The van der Waals surface area contributed by atoms with E-state index >= 15 is 0 Å². The Morgan fingerprint density at radius 3 is 1.00 bits per heavy atom. The van der Waals surface area contributed by atoms with Crippen molar-refractivity contribution < 1.29 is 41.5 Å². The van der Waals surface area contributed by atoms with Crippen molar-refractivity contribution in [3.63, 3.8) is 0 Å². The van der Waals surface area contributed by atoms with Crippen LogP contribution in [0.25, 0.3) is 0 Å². The van der Waals surface area contributed by atoms with E-state index in [0.29, 0.717) is 0 Å². The van der Waals surface area contributed by atoms with Gasteiger partial charge in [0.25, 0.3) is 0 Å². The van der Waals surface area contributed by atoms with E-state index in [-0.39, 0.29) is 55.3 Å². The molecule has 4 N–H and O–H groups in total. The van der Waals surface area contributed by atoms with Crippen LogP contribution in [0, 0.1) is 0 Å². The third-order valence-electron chi connectivity index (χ3n) is 0. The Bertz CT molecular complexity index is 38.7. The van der Waals surface area contributed by atoms with Crippen molar-refractivity contribution in [3.8, 4) is 0 Å². The van der Waals surface area contributed by atoms with Crippen LogP contribution in [-0.2, 0) is 19.5 Å². The normalized spacial score (nSPS) is 7.50. The summed E-state index contributed by atoms with van der Waals surface area (Å²) in [6.45, 7) is 0. The van der Waals surface area contributed by atoms with Crippen molar-refractivity contribution in [1.29, 1.82) is 0 Å². The van der Waals surface area contributed by atoms with Crippen molar-refractivity contribution >= 4 is 42.0 Å². The van der Waals surface area contributed by atoms with Gasteiger partial charge in [-0.05, 0) is 0 Å². The summed E-state index contributed by atoms with van der Waals surface area (Å²) < 4.78 is 0. The minimum absolute atomic E-state index is 0. The van der Waals surface area contributed by atoms with Crippen molar-refractivity contribution in [2.75, 3.05) is 0 Å². The zero-order valence-corrected chi connectivity index (χ0v) is 9.50. The minimum atomic E-state index is -4.61. The first-order chi connectivity index (χ1) is 2.00. The van der Waals surface area contributed by atoms with Crippen molar-refractivity contribution in [2.24, 2.45) is 0 Å². The van der Waals surface area contributed by atoms with E-state index in [2.05, 4.69) is 0 Å². The summed E-state index contributed by atoms with van der Waals surface area (Å²) in [5, 5.41) is 0. The minimum Gasteiger partial charge on any atom is -1.00 e. The average molecular weight is 259 g/mol. The largest absolute Gasteiger partial charge is 2.00 e. The Hall–Kier alpha value is 1.88. The van der Waals surface area contributed by atoms with Gasteiger partial charge in [0.15, 0.2) is 0 Å². The number of hydrogen-bond acceptors (Lipinski definition) is 4. The van der Waals surface area contributed by atoms with E-state index < -0.39 is 9.05 Å². The molecule has 0 spiro atoms. The van der Waals surface area contributed by atoms with E-state index in [0.717, 1.165) is 0 Å². The molecule has 8 heteroatoms. The summed E-state index contributed by atoms with van der Waals surface area (Å²) >= 11 is 0. The Labute approximate surface area is 83.3 Å². The van der Waals surface area contributed by atoms with Crippen LogP contribution in [-0.4, -0.2) is 51.3 Å². The van der Waals surface area contributed by atoms with Gasteiger partial charge in [0.05, 0.1) is 0 Å². The van der Waals surface area contributed by atoms with Crippen molar-refractivity contribution in [3.05, 3.63) is 0 Å². The van der Waals surface area contributed by atoms with Gasteiger partial charge < -0.3 is 22.0 Å². The zero-order valence-electron chi connectivity index (χ0n) is 6.04. The SMILES string of the molecule is O[Si](O)(O)O.P.[H-].[H-].[Mg+2].[Rh]. The first-order valence-corrected chi connectivity index (χ1v) is 2.68. The second kappa shape index (κ2) is 8.88. The molecule has 0 aromatic heterocycles. The van der Waals surface area contributed by atoms with Gasteiger partial charge in [-0.2, -0.15) is 9.90 Å². The smallest absolute Gasteiger partial charge is 1.00 e. The fraction of sp³-hybridized carbons (Fsp3) is 0. The summed E-state index contributed by atoms with van der Waals surface area (Å²) in [7, 11) is -4.61. The molecule has 0 saturated heterocycles. The van der Waals surface area contributed by atoms with Gasteiger partial charge in [0, 0.05) is 19.5 Å². The van der Waals surface area contributed by atoms with Crippen LogP contribution in [0.4, 0.5) is 0 Å². The predicted octanol–water partition coefficient (Wildman–Crippen LogP) is -2.71. The molecule has 0 bridgehead atoms. The number of hydrogen-bond donors (Lipinski definition) is 4. The first-order valence-electron chi connectivity index (χ1n) is 0.894. The summed E-state index contributed by atoms with van der Waals surface area (Å²) in [6, 6.07) is 0. The molecule has 0 fully saturated rings. The van der Waals surface area contributed by atoms with Crippen molar-refractivity contribution in [1.82, 2.24) is 0 Å². The van der Waals surface area contributed by atoms with Crippen LogP contribution in [0.1, 0.15) is 2.85 Å². The summed E-state index contributed by atoms with van der Waals surface area (Å²) in [5.41, 5.74) is 0. The molecule has 8 heavy (non-hydrogen) atoms. The summed E-state index contributed by atoms with van der Waals surface area (Å²) in [5.74, 6) is 0. The van der Waals surface area contributed by atoms with Gasteiger partial charge in [-0.1, -0.05) is 0 Å². The Kier molecular flexibility index (Phi) is 25.0. The molecule has 0 aliphatic carbocycles. The van der Waals surface area contributed by atoms with E-state index in [4.69, 9.17) is 19.2 Å². The predicted molar refractivity (Wildman–Crippen MR) is 33.7 cm³/mol. The third kappa shape index (κ3) is 106. The van der Waals surface area contributed by atoms with Crippen molar-refractivity contribution in [2.45, 2.75) is 0 Å². The molecular formula is H9MgO4PRhSi. The van der Waals surface area contributed by atoms with Gasteiger partial charge >= 0.3 is 32.1 Å². The standard InChI is InChI=1S/Mg.H4O4Si.H3P.Rh.2H/c;1-5(2,3)4;;;;/h;1-4H;1H3;;;/q+2;;;;2*-1. The maximum Gasteiger partial charge on any atom is 2.00 e. The second-order valence-corrected chi connectivity index (χ2v) is 1.80. The van der Waals surface area contributed by atoms with Gasteiger partial charge in [-0.15, -0.1) is 0 Å². The molecule has 0 amide bonds. The molecule has 0 rings (SSSR count). The molecule has 53 valence electrons. The first kappa shape index (κ1) is 22.5.